The molecule has 0 amide bonds. The van der Waals surface area contributed by atoms with Gasteiger partial charge in [0.05, 0.1) is 13.2 Å². The summed E-state index contributed by atoms with van der Waals surface area (Å²) < 4.78 is 21.1. The zero-order valence-corrected chi connectivity index (χ0v) is 13.3. The number of hydrogen-bond donors (Lipinski definition) is 0. The van der Waals surface area contributed by atoms with E-state index in [1.165, 1.54) is 13.8 Å². The normalized spacial score (nSPS) is 16.9. The lowest BCUT2D eigenvalue weighted by Crippen LogP contribution is -2.64. The molecule has 0 aliphatic heterocycles. The van der Waals surface area contributed by atoms with Crippen LogP contribution in [0.3, 0.4) is 0 Å². The summed E-state index contributed by atoms with van der Waals surface area (Å²) in [6, 6.07) is 0. The first-order valence-corrected chi connectivity index (χ1v) is 6.96. The first-order chi connectivity index (χ1) is 9.33. The zero-order valence-electron chi connectivity index (χ0n) is 13.3. The molecule has 2 atom stereocenters. The van der Waals surface area contributed by atoms with Crippen LogP contribution in [0.25, 0.3) is 0 Å². The highest BCUT2D eigenvalue weighted by atomic mass is 16.6. The Labute approximate surface area is 120 Å². The maximum atomic E-state index is 12.3. The van der Waals surface area contributed by atoms with E-state index in [2.05, 4.69) is 0 Å². The molecule has 20 heavy (non-hydrogen) atoms. The molecule has 0 saturated heterocycles. The third kappa shape index (κ3) is 3.70. The predicted molar refractivity (Wildman–Crippen MR) is 73.3 cm³/mol. The van der Waals surface area contributed by atoms with Crippen LogP contribution >= 0.6 is 0 Å². The van der Waals surface area contributed by atoms with E-state index in [9.17, 15) is 9.59 Å². The van der Waals surface area contributed by atoms with Crippen LogP contribution < -0.4 is 0 Å². The molecule has 0 fully saturated rings. The maximum absolute atomic E-state index is 12.3. The Morgan fingerprint density at radius 1 is 0.700 bits per heavy atom. The van der Waals surface area contributed by atoms with E-state index in [0.29, 0.717) is 0 Å². The lowest BCUT2D eigenvalue weighted by molar-refractivity contribution is -0.226. The van der Waals surface area contributed by atoms with Gasteiger partial charge in [-0.15, -0.1) is 0 Å². The highest BCUT2D eigenvalue weighted by Crippen LogP contribution is 2.33. The quantitative estimate of drug-likeness (QED) is 0.602. The van der Waals surface area contributed by atoms with Crippen LogP contribution in [0.1, 0.15) is 41.5 Å². The summed E-state index contributed by atoms with van der Waals surface area (Å²) in [5, 5.41) is 0. The Hall–Kier alpha value is -1.14. The van der Waals surface area contributed by atoms with Gasteiger partial charge >= 0.3 is 11.9 Å². The zero-order chi connectivity index (χ0) is 15.8. The second kappa shape index (κ2) is 8.21. The van der Waals surface area contributed by atoms with Crippen molar-refractivity contribution in [1.29, 1.82) is 0 Å². The van der Waals surface area contributed by atoms with Gasteiger partial charge in [-0.3, -0.25) is 0 Å². The summed E-state index contributed by atoms with van der Waals surface area (Å²) in [4.78, 5) is 24.5. The van der Waals surface area contributed by atoms with Crippen molar-refractivity contribution >= 4 is 11.9 Å². The number of carbonyl (C=O) groups excluding carboxylic acids is 2. The van der Waals surface area contributed by atoms with Gasteiger partial charge in [-0.25, -0.2) is 9.59 Å². The molecule has 0 spiro atoms. The molecule has 0 radical (unpaired) electrons. The van der Waals surface area contributed by atoms with E-state index in [4.69, 9.17) is 18.9 Å². The largest absolute Gasteiger partial charge is 0.464 e. The number of esters is 2. The Bertz CT molecular complexity index is 298. The molecular weight excluding hydrogens is 264 g/mol. The minimum absolute atomic E-state index is 0.187. The molecule has 0 aliphatic carbocycles. The maximum Gasteiger partial charge on any atom is 0.341 e. The summed E-state index contributed by atoms with van der Waals surface area (Å²) in [5.74, 6) is -1.29. The fraction of sp³-hybridized carbons (Fsp3) is 0.857. The Morgan fingerprint density at radius 3 is 1.20 bits per heavy atom. The number of carbonyl (C=O) groups is 2. The monoisotopic (exact) mass is 290 g/mol. The van der Waals surface area contributed by atoms with Crippen LogP contribution in [0.15, 0.2) is 0 Å². The van der Waals surface area contributed by atoms with E-state index in [-0.39, 0.29) is 26.4 Å². The Kier molecular flexibility index (Phi) is 7.75. The summed E-state index contributed by atoms with van der Waals surface area (Å²) in [6.07, 6.45) is 0. The first-order valence-electron chi connectivity index (χ1n) is 6.96. The highest BCUT2D eigenvalue weighted by Gasteiger charge is 2.59. The van der Waals surface area contributed by atoms with Gasteiger partial charge in [0.15, 0.2) is 0 Å². The molecule has 0 bridgehead atoms. The van der Waals surface area contributed by atoms with Gasteiger partial charge in [0.1, 0.15) is 0 Å². The van der Waals surface area contributed by atoms with Crippen molar-refractivity contribution in [2.45, 2.75) is 52.7 Å². The van der Waals surface area contributed by atoms with E-state index in [1.807, 2.05) is 0 Å². The van der Waals surface area contributed by atoms with Crippen LogP contribution in [0, 0.1) is 0 Å². The minimum Gasteiger partial charge on any atom is -0.464 e. The molecule has 0 aromatic carbocycles. The number of hydrogen-bond acceptors (Lipinski definition) is 6. The van der Waals surface area contributed by atoms with Crippen molar-refractivity contribution in [3.63, 3.8) is 0 Å². The van der Waals surface area contributed by atoms with Crippen molar-refractivity contribution in [1.82, 2.24) is 0 Å². The Morgan fingerprint density at radius 2 is 1.00 bits per heavy atom. The smallest absolute Gasteiger partial charge is 0.341 e. The van der Waals surface area contributed by atoms with E-state index < -0.39 is 23.1 Å². The minimum atomic E-state index is -1.57. The standard InChI is InChI=1S/C14H26O6/c1-7-17-11(15)13(5,19-9-3)14(6,20-10-4)12(16)18-8-2/h7-10H2,1-6H3. The predicted octanol–water partition coefficient (Wildman–Crippen LogP) is 1.70. The average Bonchev–Trinajstić information content (AvgIpc) is 2.39. The molecule has 2 unspecified atom stereocenters. The van der Waals surface area contributed by atoms with Gasteiger partial charge in [0.2, 0.25) is 11.2 Å². The van der Waals surface area contributed by atoms with E-state index in [0.717, 1.165) is 0 Å². The molecule has 0 rings (SSSR count). The molecule has 0 aromatic rings. The fourth-order valence-electron chi connectivity index (χ4n) is 1.90. The molecule has 6 nitrogen and oxygen atoms in total. The van der Waals surface area contributed by atoms with Crippen LogP contribution in [0.4, 0.5) is 0 Å². The number of ether oxygens (including phenoxy) is 4. The van der Waals surface area contributed by atoms with Crippen molar-refractivity contribution < 1.29 is 28.5 Å². The number of rotatable bonds is 9. The molecule has 0 saturated carbocycles. The fourth-order valence-corrected chi connectivity index (χ4v) is 1.90. The highest BCUT2D eigenvalue weighted by molar-refractivity contribution is 5.92. The third-order valence-electron chi connectivity index (χ3n) is 3.11. The van der Waals surface area contributed by atoms with E-state index in [1.54, 1.807) is 27.7 Å². The second-order valence-electron chi connectivity index (χ2n) is 4.37. The second-order valence-corrected chi connectivity index (χ2v) is 4.37. The summed E-state index contributed by atoms with van der Waals surface area (Å²) in [5.41, 5.74) is -3.14. The van der Waals surface area contributed by atoms with Crippen LogP contribution in [-0.4, -0.2) is 49.6 Å². The lowest BCUT2D eigenvalue weighted by Gasteiger charge is -2.41. The van der Waals surface area contributed by atoms with Gasteiger partial charge in [0.25, 0.3) is 0 Å². The third-order valence-corrected chi connectivity index (χ3v) is 3.11. The van der Waals surface area contributed by atoms with Crippen LogP contribution in [0.2, 0.25) is 0 Å². The molecule has 0 heterocycles. The SMILES string of the molecule is CCOC(=O)C(C)(OCC)C(C)(OCC)C(=O)OCC. The molecule has 118 valence electrons. The van der Waals surface area contributed by atoms with Crippen molar-refractivity contribution in [3.05, 3.63) is 0 Å². The summed E-state index contributed by atoms with van der Waals surface area (Å²) in [7, 11) is 0. The topological polar surface area (TPSA) is 71.1 Å². The molecule has 0 aromatic heterocycles. The summed E-state index contributed by atoms with van der Waals surface area (Å²) in [6.45, 7) is 10.7. The van der Waals surface area contributed by atoms with Crippen molar-refractivity contribution in [3.8, 4) is 0 Å². The summed E-state index contributed by atoms with van der Waals surface area (Å²) >= 11 is 0. The van der Waals surface area contributed by atoms with Crippen LogP contribution in [0.5, 0.6) is 0 Å². The van der Waals surface area contributed by atoms with Crippen molar-refractivity contribution in [2.75, 3.05) is 26.4 Å². The van der Waals surface area contributed by atoms with Gasteiger partial charge in [0, 0.05) is 13.2 Å². The molecular formula is C14H26O6. The Balaban J connectivity index is 5.63. The lowest BCUT2D eigenvalue weighted by atomic mass is 9.85. The van der Waals surface area contributed by atoms with Gasteiger partial charge in [-0.05, 0) is 41.5 Å². The average molecular weight is 290 g/mol. The molecule has 0 aliphatic rings. The van der Waals surface area contributed by atoms with E-state index >= 15 is 0 Å². The van der Waals surface area contributed by atoms with Gasteiger partial charge in [-0.1, -0.05) is 0 Å². The molecule has 6 heteroatoms. The van der Waals surface area contributed by atoms with Gasteiger partial charge < -0.3 is 18.9 Å². The van der Waals surface area contributed by atoms with Crippen molar-refractivity contribution in [2.24, 2.45) is 0 Å². The van der Waals surface area contributed by atoms with Gasteiger partial charge in [-0.2, -0.15) is 0 Å². The first kappa shape index (κ1) is 18.9. The van der Waals surface area contributed by atoms with Crippen LogP contribution in [-0.2, 0) is 28.5 Å². The molecule has 0 N–H and O–H groups in total.